The maximum absolute atomic E-state index is 10.0. The van der Waals surface area contributed by atoms with E-state index in [0.29, 0.717) is 16.6 Å². The molecular weight excluding hydrogens is 246 g/mol. The van der Waals surface area contributed by atoms with Crippen LogP contribution >= 0.6 is 11.8 Å². The van der Waals surface area contributed by atoms with Crippen LogP contribution in [0.4, 0.5) is 5.69 Å². The molecule has 1 atom stereocenters. The highest BCUT2D eigenvalue weighted by atomic mass is 32.2. The van der Waals surface area contributed by atoms with Crippen molar-refractivity contribution in [3.63, 3.8) is 0 Å². The van der Waals surface area contributed by atoms with Gasteiger partial charge in [0.05, 0.1) is 6.10 Å². The van der Waals surface area contributed by atoms with Gasteiger partial charge in [-0.25, -0.2) is 9.97 Å². The van der Waals surface area contributed by atoms with Gasteiger partial charge in [-0.3, -0.25) is 0 Å². The van der Waals surface area contributed by atoms with Crippen LogP contribution in [0.25, 0.3) is 0 Å². The van der Waals surface area contributed by atoms with E-state index in [1.54, 1.807) is 24.5 Å². The number of nitrogens with zero attached hydrogens (tertiary/aromatic N) is 2. The second-order valence-electron chi connectivity index (χ2n) is 4.04. The first kappa shape index (κ1) is 12.9. The van der Waals surface area contributed by atoms with E-state index in [1.807, 2.05) is 19.1 Å². The lowest BCUT2D eigenvalue weighted by Gasteiger charge is -2.10. The van der Waals surface area contributed by atoms with Crippen LogP contribution in [0, 0.1) is 6.92 Å². The molecule has 94 valence electrons. The van der Waals surface area contributed by atoms with E-state index >= 15 is 0 Å². The van der Waals surface area contributed by atoms with Crippen molar-refractivity contribution in [1.82, 2.24) is 9.97 Å². The second-order valence-corrected chi connectivity index (χ2v) is 5.02. The molecule has 3 N–H and O–H groups in total. The number of nitrogen functional groups attached to an aromatic ring is 1. The van der Waals surface area contributed by atoms with Crippen molar-refractivity contribution < 1.29 is 5.11 Å². The summed E-state index contributed by atoms with van der Waals surface area (Å²) >= 11 is 1.43. The lowest BCUT2D eigenvalue weighted by molar-refractivity contribution is 0.204. The molecule has 2 rings (SSSR count). The zero-order chi connectivity index (χ0) is 13.0. The van der Waals surface area contributed by atoms with Crippen LogP contribution < -0.4 is 5.73 Å². The summed E-state index contributed by atoms with van der Waals surface area (Å²) < 4.78 is 0. The van der Waals surface area contributed by atoms with Gasteiger partial charge in [0.25, 0.3) is 0 Å². The van der Waals surface area contributed by atoms with E-state index in [0.717, 1.165) is 11.1 Å². The maximum Gasteiger partial charge on any atom is 0.187 e. The van der Waals surface area contributed by atoms with Crippen LogP contribution in [0.1, 0.15) is 17.2 Å². The molecule has 18 heavy (non-hydrogen) atoms. The van der Waals surface area contributed by atoms with E-state index < -0.39 is 6.10 Å². The standard InChI is InChI=1S/C13H15N3OS/c1-9-6-15-13(16-7-9)18-8-12(17)10-2-4-11(14)5-3-10/h2-7,12,17H,8,14H2,1H3. The van der Waals surface area contributed by atoms with Crippen molar-refractivity contribution in [2.45, 2.75) is 18.2 Å². The predicted molar refractivity (Wildman–Crippen MR) is 73.3 cm³/mol. The molecule has 0 aliphatic rings. The van der Waals surface area contributed by atoms with Gasteiger partial charge in [0.15, 0.2) is 5.16 Å². The number of anilines is 1. The fraction of sp³-hybridized carbons (Fsp3) is 0.231. The number of benzene rings is 1. The van der Waals surface area contributed by atoms with Gasteiger partial charge in [-0.15, -0.1) is 0 Å². The second kappa shape index (κ2) is 5.84. The van der Waals surface area contributed by atoms with E-state index in [2.05, 4.69) is 9.97 Å². The normalized spacial score (nSPS) is 12.3. The molecule has 0 saturated heterocycles. The van der Waals surface area contributed by atoms with Crippen LogP contribution in [0.5, 0.6) is 0 Å². The Hall–Kier alpha value is -1.59. The first-order valence-corrected chi connectivity index (χ1v) is 6.58. The quantitative estimate of drug-likeness (QED) is 0.501. The lowest BCUT2D eigenvalue weighted by Crippen LogP contribution is -2.01. The fourth-order valence-electron chi connectivity index (χ4n) is 1.42. The predicted octanol–water partition coefficient (Wildman–Crippen LogP) is 2.19. The zero-order valence-electron chi connectivity index (χ0n) is 10.1. The summed E-state index contributed by atoms with van der Waals surface area (Å²) in [6.07, 6.45) is 3.00. The van der Waals surface area contributed by atoms with Gasteiger partial charge >= 0.3 is 0 Å². The third-order valence-electron chi connectivity index (χ3n) is 2.45. The topological polar surface area (TPSA) is 72.0 Å². The fourth-order valence-corrected chi connectivity index (χ4v) is 2.18. The van der Waals surface area contributed by atoms with Crippen LogP contribution in [0.3, 0.4) is 0 Å². The molecule has 0 aliphatic carbocycles. The molecule has 5 heteroatoms. The Labute approximate surface area is 110 Å². The van der Waals surface area contributed by atoms with Crippen molar-refractivity contribution in [3.05, 3.63) is 47.8 Å². The summed E-state index contributed by atoms with van der Waals surface area (Å²) in [6.45, 7) is 1.94. The largest absolute Gasteiger partial charge is 0.399 e. The Kier molecular flexibility index (Phi) is 4.17. The number of aliphatic hydroxyl groups is 1. The van der Waals surface area contributed by atoms with Crippen molar-refractivity contribution >= 4 is 17.4 Å². The highest BCUT2D eigenvalue weighted by molar-refractivity contribution is 7.99. The van der Waals surface area contributed by atoms with Crippen LogP contribution in [0.15, 0.2) is 41.8 Å². The SMILES string of the molecule is Cc1cnc(SCC(O)c2ccc(N)cc2)nc1. The Balaban J connectivity index is 1.93. The molecule has 0 spiro atoms. The summed E-state index contributed by atoms with van der Waals surface area (Å²) in [6, 6.07) is 7.23. The number of aliphatic hydroxyl groups excluding tert-OH is 1. The Morgan fingerprint density at radius 3 is 2.44 bits per heavy atom. The molecule has 0 fully saturated rings. The molecule has 1 aromatic heterocycles. The van der Waals surface area contributed by atoms with Gasteiger partial charge in [0, 0.05) is 23.8 Å². The molecule has 2 aromatic rings. The molecular formula is C13H15N3OS. The van der Waals surface area contributed by atoms with Gasteiger partial charge in [-0.05, 0) is 30.2 Å². The minimum Gasteiger partial charge on any atom is -0.399 e. The number of thioether (sulfide) groups is 1. The molecule has 0 aliphatic heterocycles. The molecule has 0 amide bonds. The third kappa shape index (κ3) is 3.45. The van der Waals surface area contributed by atoms with Crippen molar-refractivity contribution in [1.29, 1.82) is 0 Å². The molecule has 1 unspecified atom stereocenters. The molecule has 0 saturated carbocycles. The molecule has 0 bridgehead atoms. The number of hydrogen-bond acceptors (Lipinski definition) is 5. The minimum absolute atomic E-state index is 0.521. The first-order chi connectivity index (χ1) is 8.65. The van der Waals surface area contributed by atoms with E-state index in [1.165, 1.54) is 11.8 Å². The van der Waals surface area contributed by atoms with Crippen LogP contribution in [-0.2, 0) is 0 Å². The van der Waals surface area contributed by atoms with E-state index in [4.69, 9.17) is 5.73 Å². The molecule has 0 radical (unpaired) electrons. The highest BCUT2D eigenvalue weighted by Crippen LogP contribution is 2.22. The van der Waals surface area contributed by atoms with Gasteiger partial charge in [0.1, 0.15) is 0 Å². The summed E-state index contributed by atoms with van der Waals surface area (Å²) in [5.41, 5.74) is 8.17. The Morgan fingerprint density at radius 2 is 1.83 bits per heavy atom. The van der Waals surface area contributed by atoms with Crippen molar-refractivity contribution in [2.75, 3.05) is 11.5 Å². The third-order valence-corrected chi connectivity index (χ3v) is 3.40. The highest BCUT2D eigenvalue weighted by Gasteiger charge is 2.09. The summed E-state index contributed by atoms with van der Waals surface area (Å²) in [4.78, 5) is 8.36. The lowest BCUT2D eigenvalue weighted by atomic mass is 10.1. The molecule has 1 aromatic carbocycles. The average molecular weight is 261 g/mol. The minimum atomic E-state index is -0.541. The molecule has 1 heterocycles. The average Bonchev–Trinajstić information content (AvgIpc) is 2.38. The Bertz CT molecular complexity index is 499. The summed E-state index contributed by atoms with van der Waals surface area (Å²) in [7, 11) is 0. The number of hydrogen-bond donors (Lipinski definition) is 2. The summed E-state index contributed by atoms with van der Waals surface area (Å²) in [5, 5.41) is 10.7. The number of nitrogens with two attached hydrogens (primary N) is 1. The van der Waals surface area contributed by atoms with Crippen LogP contribution in [-0.4, -0.2) is 20.8 Å². The van der Waals surface area contributed by atoms with Gasteiger partial charge in [0.2, 0.25) is 0 Å². The molecule has 4 nitrogen and oxygen atoms in total. The number of aromatic nitrogens is 2. The monoisotopic (exact) mass is 261 g/mol. The first-order valence-electron chi connectivity index (χ1n) is 5.60. The van der Waals surface area contributed by atoms with Gasteiger partial charge in [-0.1, -0.05) is 23.9 Å². The zero-order valence-corrected chi connectivity index (χ0v) is 10.9. The van der Waals surface area contributed by atoms with Gasteiger partial charge < -0.3 is 10.8 Å². The smallest absolute Gasteiger partial charge is 0.187 e. The maximum atomic E-state index is 10.0. The summed E-state index contributed by atoms with van der Waals surface area (Å²) in [5.74, 6) is 0.521. The van der Waals surface area contributed by atoms with E-state index in [-0.39, 0.29) is 0 Å². The Morgan fingerprint density at radius 1 is 1.22 bits per heavy atom. The van der Waals surface area contributed by atoms with Crippen LogP contribution in [0.2, 0.25) is 0 Å². The van der Waals surface area contributed by atoms with Crippen molar-refractivity contribution in [3.8, 4) is 0 Å². The number of rotatable bonds is 4. The van der Waals surface area contributed by atoms with Gasteiger partial charge in [-0.2, -0.15) is 0 Å². The van der Waals surface area contributed by atoms with Crippen molar-refractivity contribution in [2.24, 2.45) is 0 Å². The number of aryl methyl sites for hydroxylation is 1. The van der Waals surface area contributed by atoms with E-state index in [9.17, 15) is 5.11 Å².